The highest BCUT2D eigenvalue weighted by Crippen LogP contribution is 2.08. The lowest BCUT2D eigenvalue weighted by molar-refractivity contribution is 0.450. The standard InChI is InChI=1S/C10H18N2OS/c1-7(14-4)5-11-6-10-12-8(2)9(3)13-10/h7,11H,5-6H2,1-4H3. The van der Waals surface area contributed by atoms with Crippen LogP contribution in [0.3, 0.4) is 0 Å². The van der Waals surface area contributed by atoms with Crippen LogP contribution in [-0.2, 0) is 6.54 Å². The van der Waals surface area contributed by atoms with Crippen LogP contribution in [0.5, 0.6) is 0 Å². The number of nitrogens with zero attached hydrogens (tertiary/aromatic N) is 1. The van der Waals surface area contributed by atoms with Gasteiger partial charge in [0, 0.05) is 11.8 Å². The molecule has 0 aliphatic rings. The first-order valence-corrected chi connectivity index (χ1v) is 6.08. The summed E-state index contributed by atoms with van der Waals surface area (Å²) in [4.78, 5) is 4.30. The van der Waals surface area contributed by atoms with E-state index in [2.05, 4.69) is 23.5 Å². The number of nitrogens with one attached hydrogen (secondary N) is 1. The molecular weight excluding hydrogens is 196 g/mol. The SMILES string of the molecule is CSC(C)CNCc1nc(C)c(C)o1. The lowest BCUT2D eigenvalue weighted by Gasteiger charge is -2.07. The number of hydrogen-bond donors (Lipinski definition) is 1. The zero-order chi connectivity index (χ0) is 10.6. The van der Waals surface area contributed by atoms with Gasteiger partial charge in [0.15, 0.2) is 0 Å². The molecule has 1 aromatic rings. The van der Waals surface area contributed by atoms with Gasteiger partial charge >= 0.3 is 0 Å². The molecule has 0 aliphatic heterocycles. The van der Waals surface area contributed by atoms with Gasteiger partial charge in [-0.15, -0.1) is 0 Å². The maximum absolute atomic E-state index is 5.45. The molecule has 0 amide bonds. The number of aromatic nitrogens is 1. The van der Waals surface area contributed by atoms with Crippen molar-refractivity contribution in [2.24, 2.45) is 0 Å². The zero-order valence-corrected chi connectivity index (χ0v) is 10.1. The normalized spacial score (nSPS) is 13.1. The van der Waals surface area contributed by atoms with Crippen LogP contribution in [0.4, 0.5) is 0 Å². The molecule has 4 heteroatoms. The predicted molar refractivity (Wildman–Crippen MR) is 60.7 cm³/mol. The van der Waals surface area contributed by atoms with Crippen molar-refractivity contribution >= 4 is 11.8 Å². The molecule has 1 aromatic heterocycles. The Morgan fingerprint density at radius 3 is 2.71 bits per heavy atom. The fourth-order valence-corrected chi connectivity index (χ4v) is 1.36. The Hall–Kier alpha value is -0.480. The quantitative estimate of drug-likeness (QED) is 0.815. The summed E-state index contributed by atoms with van der Waals surface area (Å²) in [6, 6.07) is 0. The summed E-state index contributed by atoms with van der Waals surface area (Å²) < 4.78 is 5.45. The van der Waals surface area contributed by atoms with Gasteiger partial charge in [0.2, 0.25) is 5.89 Å². The van der Waals surface area contributed by atoms with Crippen LogP contribution in [0.2, 0.25) is 0 Å². The topological polar surface area (TPSA) is 38.1 Å². The van der Waals surface area contributed by atoms with Crippen LogP contribution in [-0.4, -0.2) is 23.0 Å². The molecule has 1 N–H and O–H groups in total. The minimum Gasteiger partial charge on any atom is -0.444 e. The predicted octanol–water partition coefficient (Wildman–Crippen LogP) is 2.13. The molecule has 0 fully saturated rings. The van der Waals surface area contributed by atoms with E-state index in [1.165, 1.54) is 0 Å². The van der Waals surface area contributed by atoms with E-state index < -0.39 is 0 Å². The molecule has 0 saturated carbocycles. The Bertz CT molecular complexity index is 266. The van der Waals surface area contributed by atoms with Crippen LogP contribution in [0, 0.1) is 13.8 Å². The van der Waals surface area contributed by atoms with Gasteiger partial charge in [-0.1, -0.05) is 6.92 Å². The Labute approximate surface area is 89.7 Å². The summed E-state index contributed by atoms with van der Waals surface area (Å²) in [5, 5.41) is 3.95. The lowest BCUT2D eigenvalue weighted by Crippen LogP contribution is -2.22. The Kier molecular flexibility index (Phi) is 4.48. The fourth-order valence-electron chi connectivity index (χ4n) is 1.08. The van der Waals surface area contributed by atoms with Crippen molar-refractivity contribution in [2.45, 2.75) is 32.6 Å². The first kappa shape index (κ1) is 11.6. The average molecular weight is 214 g/mol. The van der Waals surface area contributed by atoms with E-state index in [4.69, 9.17) is 4.42 Å². The highest BCUT2D eigenvalue weighted by molar-refractivity contribution is 7.99. The summed E-state index contributed by atoms with van der Waals surface area (Å²) >= 11 is 1.85. The zero-order valence-electron chi connectivity index (χ0n) is 9.26. The highest BCUT2D eigenvalue weighted by Gasteiger charge is 2.05. The van der Waals surface area contributed by atoms with Crippen LogP contribution in [0.15, 0.2) is 4.42 Å². The lowest BCUT2D eigenvalue weighted by atomic mass is 10.4. The van der Waals surface area contributed by atoms with Gasteiger partial charge in [-0.3, -0.25) is 0 Å². The Balaban J connectivity index is 2.31. The Morgan fingerprint density at radius 2 is 2.21 bits per heavy atom. The molecule has 3 nitrogen and oxygen atoms in total. The molecule has 0 spiro atoms. The van der Waals surface area contributed by atoms with Gasteiger partial charge in [0.05, 0.1) is 12.2 Å². The van der Waals surface area contributed by atoms with E-state index in [-0.39, 0.29) is 0 Å². The van der Waals surface area contributed by atoms with Crippen LogP contribution in [0.1, 0.15) is 24.3 Å². The van der Waals surface area contributed by atoms with Crippen LogP contribution >= 0.6 is 11.8 Å². The van der Waals surface area contributed by atoms with Crippen molar-refractivity contribution < 1.29 is 4.42 Å². The van der Waals surface area contributed by atoms with Crippen molar-refractivity contribution in [2.75, 3.05) is 12.8 Å². The second kappa shape index (κ2) is 5.41. The average Bonchev–Trinajstić information content (AvgIpc) is 2.46. The minimum absolute atomic E-state index is 0.632. The molecule has 14 heavy (non-hydrogen) atoms. The van der Waals surface area contributed by atoms with E-state index in [0.29, 0.717) is 5.25 Å². The number of thioether (sulfide) groups is 1. The van der Waals surface area contributed by atoms with E-state index in [0.717, 1.165) is 30.4 Å². The van der Waals surface area contributed by atoms with Crippen LogP contribution in [0.25, 0.3) is 0 Å². The summed E-state index contributed by atoms with van der Waals surface area (Å²) in [6.45, 7) is 7.81. The van der Waals surface area contributed by atoms with Crippen molar-refractivity contribution in [3.05, 3.63) is 17.3 Å². The molecule has 0 saturated heterocycles. The van der Waals surface area contributed by atoms with Gasteiger partial charge in [-0.25, -0.2) is 4.98 Å². The summed E-state index contributed by atoms with van der Waals surface area (Å²) in [5.74, 6) is 1.70. The largest absolute Gasteiger partial charge is 0.444 e. The minimum atomic E-state index is 0.632. The van der Waals surface area contributed by atoms with E-state index >= 15 is 0 Å². The monoisotopic (exact) mass is 214 g/mol. The third-order valence-corrected chi connectivity index (χ3v) is 3.15. The van der Waals surface area contributed by atoms with Gasteiger partial charge in [0.1, 0.15) is 5.76 Å². The van der Waals surface area contributed by atoms with E-state index in [1.54, 1.807) is 0 Å². The molecule has 80 valence electrons. The summed E-state index contributed by atoms with van der Waals surface area (Å²) in [6.07, 6.45) is 2.12. The highest BCUT2D eigenvalue weighted by atomic mass is 32.2. The third kappa shape index (κ3) is 3.35. The number of rotatable bonds is 5. The molecule has 1 atom stereocenters. The first-order chi connectivity index (χ1) is 6.63. The second-order valence-electron chi connectivity index (χ2n) is 3.43. The van der Waals surface area contributed by atoms with Gasteiger partial charge in [-0.05, 0) is 20.1 Å². The van der Waals surface area contributed by atoms with Crippen molar-refractivity contribution in [1.29, 1.82) is 0 Å². The maximum atomic E-state index is 5.45. The molecule has 0 radical (unpaired) electrons. The van der Waals surface area contributed by atoms with Gasteiger partial charge in [0.25, 0.3) is 0 Å². The fraction of sp³-hybridized carbons (Fsp3) is 0.700. The van der Waals surface area contributed by atoms with Crippen molar-refractivity contribution in [3.63, 3.8) is 0 Å². The van der Waals surface area contributed by atoms with Gasteiger partial charge < -0.3 is 9.73 Å². The molecule has 0 aliphatic carbocycles. The number of aryl methyl sites for hydroxylation is 2. The van der Waals surface area contributed by atoms with Crippen molar-refractivity contribution in [1.82, 2.24) is 10.3 Å². The van der Waals surface area contributed by atoms with Gasteiger partial charge in [-0.2, -0.15) is 11.8 Å². The van der Waals surface area contributed by atoms with E-state index in [1.807, 2.05) is 25.6 Å². The Morgan fingerprint density at radius 1 is 1.50 bits per heavy atom. The first-order valence-electron chi connectivity index (χ1n) is 4.80. The summed E-state index contributed by atoms with van der Waals surface area (Å²) in [5.41, 5.74) is 0.986. The van der Waals surface area contributed by atoms with E-state index in [9.17, 15) is 0 Å². The molecule has 0 aromatic carbocycles. The second-order valence-corrected chi connectivity index (χ2v) is 4.70. The third-order valence-electron chi connectivity index (χ3n) is 2.18. The maximum Gasteiger partial charge on any atom is 0.208 e. The number of hydrogen-bond acceptors (Lipinski definition) is 4. The molecule has 1 rings (SSSR count). The molecule has 1 unspecified atom stereocenters. The van der Waals surface area contributed by atoms with Crippen LogP contribution < -0.4 is 5.32 Å². The smallest absolute Gasteiger partial charge is 0.208 e. The molecule has 1 heterocycles. The summed E-state index contributed by atoms with van der Waals surface area (Å²) in [7, 11) is 0. The van der Waals surface area contributed by atoms with Crippen molar-refractivity contribution in [3.8, 4) is 0 Å². The number of oxazole rings is 1. The molecule has 0 bridgehead atoms. The molecular formula is C10H18N2OS.